The number of hydrogen-bond donors (Lipinski definition) is 0. The van der Waals surface area contributed by atoms with Crippen LogP contribution in [0.5, 0.6) is 11.5 Å². The van der Waals surface area contributed by atoms with Gasteiger partial charge in [0.15, 0.2) is 0 Å². The van der Waals surface area contributed by atoms with Gasteiger partial charge in [0.05, 0.1) is 25.9 Å². The lowest BCUT2D eigenvalue weighted by atomic mass is 10.2. The summed E-state index contributed by atoms with van der Waals surface area (Å²) in [6, 6.07) is 18.1. The number of rotatable bonds is 8. The van der Waals surface area contributed by atoms with E-state index in [2.05, 4.69) is 24.3 Å². The van der Waals surface area contributed by atoms with Crippen LogP contribution in [0.2, 0.25) is 0 Å². The molecule has 0 radical (unpaired) electrons. The normalized spacial score (nSPS) is 19.7. The number of hydrogen-bond acceptors (Lipinski definition) is 4. The smallest absolute Gasteiger partial charge is 0.119 e. The van der Waals surface area contributed by atoms with Gasteiger partial charge in [0, 0.05) is 17.1 Å². The van der Waals surface area contributed by atoms with Gasteiger partial charge in [0.25, 0.3) is 0 Å². The average Bonchev–Trinajstić information content (AvgIpc) is 3.33. The first-order chi connectivity index (χ1) is 10.8. The zero-order chi connectivity index (χ0) is 15.2. The van der Waals surface area contributed by atoms with Gasteiger partial charge >= 0.3 is 0 Å². The Morgan fingerprint density at radius 2 is 1.68 bits per heavy atom. The largest absolute Gasteiger partial charge is 0.497 e. The Kier molecular flexibility index (Phi) is 5.24. The molecule has 0 aliphatic carbocycles. The minimum absolute atomic E-state index is 0.342. The van der Waals surface area contributed by atoms with Gasteiger partial charge in [0.1, 0.15) is 11.5 Å². The SMILES string of the molecule is COc1ccc(OCC[C@@H]2O[C@H]2CSc2ccccc2)cc1. The minimum atomic E-state index is 0.342. The number of epoxide rings is 1. The third-order valence-electron chi connectivity index (χ3n) is 3.58. The lowest BCUT2D eigenvalue weighted by molar-refractivity contribution is 0.281. The molecule has 0 saturated carbocycles. The predicted molar refractivity (Wildman–Crippen MR) is 88.9 cm³/mol. The first-order valence-corrected chi connectivity index (χ1v) is 8.44. The number of methoxy groups -OCH3 is 1. The van der Waals surface area contributed by atoms with E-state index in [1.54, 1.807) is 7.11 Å². The molecule has 2 aromatic carbocycles. The molecule has 1 aliphatic rings. The topological polar surface area (TPSA) is 31.0 Å². The van der Waals surface area contributed by atoms with E-state index in [0.717, 1.165) is 23.7 Å². The molecule has 0 unspecified atom stereocenters. The highest BCUT2D eigenvalue weighted by atomic mass is 32.2. The molecule has 1 saturated heterocycles. The van der Waals surface area contributed by atoms with Crippen molar-refractivity contribution >= 4 is 11.8 Å². The second kappa shape index (κ2) is 7.56. The van der Waals surface area contributed by atoms with E-state index in [1.807, 2.05) is 42.1 Å². The van der Waals surface area contributed by atoms with Crippen LogP contribution in [0, 0.1) is 0 Å². The van der Waals surface area contributed by atoms with Gasteiger partial charge in [0.2, 0.25) is 0 Å². The van der Waals surface area contributed by atoms with Crippen molar-refractivity contribution in [2.45, 2.75) is 23.5 Å². The van der Waals surface area contributed by atoms with Gasteiger partial charge < -0.3 is 14.2 Å². The van der Waals surface area contributed by atoms with E-state index >= 15 is 0 Å². The fourth-order valence-electron chi connectivity index (χ4n) is 2.24. The van der Waals surface area contributed by atoms with Crippen LogP contribution in [-0.2, 0) is 4.74 Å². The van der Waals surface area contributed by atoms with Crippen molar-refractivity contribution in [2.75, 3.05) is 19.5 Å². The first kappa shape index (κ1) is 15.3. The van der Waals surface area contributed by atoms with Gasteiger partial charge in [-0.25, -0.2) is 0 Å². The average molecular weight is 316 g/mol. The summed E-state index contributed by atoms with van der Waals surface area (Å²) in [6.07, 6.45) is 1.64. The molecule has 3 nitrogen and oxygen atoms in total. The van der Waals surface area contributed by atoms with Crippen LogP contribution in [0.4, 0.5) is 0 Å². The fraction of sp³-hybridized carbons (Fsp3) is 0.333. The quantitative estimate of drug-likeness (QED) is 0.543. The maximum atomic E-state index is 5.73. The molecule has 0 amide bonds. The Balaban J connectivity index is 1.32. The Hall–Kier alpha value is -1.65. The van der Waals surface area contributed by atoms with Gasteiger partial charge in [-0.15, -0.1) is 11.8 Å². The molecule has 0 N–H and O–H groups in total. The summed E-state index contributed by atoms with van der Waals surface area (Å²) in [4.78, 5) is 1.30. The Morgan fingerprint density at radius 3 is 2.41 bits per heavy atom. The molecule has 2 atom stereocenters. The van der Waals surface area contributed by atoms with Crippen LogP contribution in [0.3, 0.4) is 0 Å². The van der Waals surface area contributed by atoms with Crippen molar-refractivity contribution in [2.24, 2.45) is 0 Å². The highest BCUT2D eigenvalue weighted by Gasteiger charge is 2.38. The van der Waals surface area contributed by atoms with Crippen LogP contribution in [-0.4, -0.2) is 31.7 Å². The van der Waals surface area contributed by atoms with E-state index in [-0.39, 0.29) is 0 Å². The van der Waals surface area contributed by atoms with E-state index in [1.165, 1.54) is 4.90 Å². The predicted octanol–water partition coefficient (Wildman–Crippen LogP) is 4.02. The number of thioether (sulfide) groups is 1. The monoisotopic (exact) mass is 316 g/mol. The lowest BCUT2D eigenvalue weighted by Crippen LogP contribution is -2.04. The van der Waals surface area contributed by atoms with Crippen LogP contribution in [0.1, 0.15) is 6.42 Å². The molecular weight excluding hydrogens is 296 g/mol. The highest BCUT2D eigenvalue weighted by molar-refractivity contribution is 7.99. The highest BCUT2D eigenvalue weighted by Crippen LogP contribution is 2.31. The summed E-state index contributed by atoms with van der Waals surface area (Å²) in [6.45, 7) is 0.684. The zero-order valence-electron chi connectivity index (χ0n) is 12.6. The summed E-state index contributed by atoms with van der Waals surface area (Å²) in [5, 5.41) is 0. The standard InChI is InChI=1S/C18H20O3S/c1-19-14-7-9-15(10-8-14)20-12-11-17-18(21-17)13-22-16-5-3-2-4-6-16/h2-10,17-18H,11-13H2,1H3/t17-,18-/m0/s1. The maximum Gasteiger partial charge on any atom is 0.119 e. The van der Waals surface area contributed by atoms with E-state index in [4.69, 9.17) is 14.2 Å². The summed E-state index contributed by atoms with van der Waals surface area (Å²) in [7, 11) is 1.66. The number of ether oxygens (including phenoxy) is 3. The van der Waals surface area contributed by atoms with Crippen molar-refractivity contribution in [3.05, 3.63) is 54.6 Å². The third-order valence-corrected chi connectivity index (χ3v) is 4.68. The molecule has 0 spiro atoms. The van der Waals surface area contributed by atoms with Crippen molar-refractivity contribution in [3.8, 4) is 11.5 Å². The lowest BCUT2D eigenvalue weighted by Gasteiger charge is -2.05. The second-order valence-electron chi connectivity index (χ2n) is 5.15. The maximum absolute atomic E-state index is 5.73. The van der Waals surface area contributed by atoms with Gasteiger partial charge in [-0.3, -0.25) is 0 Å². The molecular formula is C18H20O3S. The van der Waals surface area contributed by atoms with Crippen LogP contribution in [0.15, 0.2) is 59.5 Å². The Morgan fingerprint density at radius 1 is 0.955 bits per heavy atom. The molecule has 1 heterocycles. The molecule has 22 heavy (non-hydrogen) atoms. The van der Waals surface area contributed by atoms with Gasteiger partial charge in [-0.2, -0.15) is 0 Å². The zero-order valence-corrected chi connectivity index (χ0v) is 13.4. The summed E-state index contributed by atoms with van der Waals surface area (Å²) in [5.74, 6) is 2.73. The molecule has 4 heteroatoms. The molecule has 1 aliphatic heterocycles. The van der Waals surface area contributed by atoms with Crippen molar-refractivity contribution in [1.82, 2.24) is 0 Å². The molecule has 0 aromatic heterocycles. The Bertz CT molecular complexity index is 571. The molecule has 3 rings (SSSR count). The second-order valence-corrected chi connectivity index (χ2v) is 6.24. The summed E-state index contributed by atoms with van der Waals surface area (Å²) in [5.41, 5.74) is 0. The third kappa shape index (κ3) is 4.42. The van der Waals surface area contributed by atoms with Crippen molar-refractivity contribution < 1.29 is 14.2 Å². The Labute approximate surface area is 135 Å². The number of benzene rings is 2. The first-order valence-electron chi connectivity index (χ1n) is 7.45. The minimum Gasteiger partial charge on any atom is -0.497 e. The van der Waals surface area contributed by atoms with E-state index in [9.17, 15) is 0 Å². The van der Waals surface area contributed by atoms with Crippen molar-refractivity contribution in [1.29, 1.82) is 0 Å². The van der Waals surface area contributed by atoms with E-state index in [0.29, 0.717) is 18.8 Å². The molecule has 2 aromatic rings. The van der Waals surface area contributed by atoms with Gasteiger partial charge in [-0.05, 0) is 36.4 Å². The van der Waals surface area contributed by atoms with E-state index < -0.39 is 0 Å². The molecule has 116 valence electrons. The summed E-state index contributed by atoms with van der Waals surface area (Å²) < 4.78 is 16.5. The van der Waals surface area contributed by atoms with Crippen LogP contribution in [0.25, 0.3) is 0 Å². The van der Waals surface area contributed by atoms with Gasteiger partial charge in [-0.1, -0.05) is 18.2 Å². The van der Waals surface area contributed by atoms with Crippen LogP contribution < -0.4 is 9.47 Å². The molecule has 1 fully saturated rings. The summed E-state index contributed by atoms with van der Waals surface area (Å²) >= 11 is 1.85. The van der Waals surface area contributed by atoms with Crippen LogP contribution >= 0.6 is 11.8 Å². The fourth-order valence-corrected chi connectivity index (χ4v) is 3.24. The molecule has 0 bridgehead atoms. The van der Waals surface area contributed by atoms with Crippen molar-refractivity contribution in [3.63, 3.8) is 0 Å².